The third kappa shape index (κ3) is 3.95. The van der Waals surface area contributed by atoms with E-state index in [2.05, 4.69) is 19.2 Å². The van der Waals surface area contributed by atoms with Gasteiger partial charge in [0.15, 0.2) is 0 Å². The van der Waals surface area contributed by atoms with Crippen molar-refractivity contribution in [2.45, 2.75) is 51.5 Å². The molecule has 3 nitrogen and oxygen atoms in total. The molecule has 1 aromatic carbocycles. The molecule has 3 atom stereocenters. The molecule has 1 fully saturated rings. The third-order valence-electron chi connectivity index (χ3n) is 3.64. The summed E-state index contributed by atoms with van der Waals surface area (Å²) in [6.07, 6.45) is 2.37. The highest BCUT2D eigenvalue weighted by molar-refractivity contribution is 6.31. The largest absolute Gasteiger partial charge is 0.374 e. The first-order chi connectivity index (χ1) is 9.76. The van der Waals surface area contributed by atoms with Crippen molar-refractivity contribution in [1.29, 1.82) is 0 Å². The zero-order chi connectivity index (χ0) is 14.4. The van der Waals surface area contributed by atoms with Crippen LogP contribution in [0.5, 0.6) is 0 Å². The predicted octanol–water partition coefficient (Wildman–Crippen LogP) is 3.40. The van der Waals surface area contributed by atoms with Gasteiger partial charge in [-0.15, -0.1) is 0 Å². The van der Waals surface area contributed by atoms with E-state index in [-0.39, 0.29) is 12.2 Å². The van der Waals surface area contributed by atoms with Crippen LogP contribution in [0.25, 0.3) is 0 Å². The fraction of sp³-hybridized carbons (Fsp3) is 0.625. The fourth-order valence-corrected chi connectivity index (χ4v) is 2.69. The van der Waals surface area contributed by atoms with Crippen LogP contribution < -0.4 is 5.32 Å². The number of likely N-dealkylation sites (N-methyl/N-ethyl adjacent to an activating group) is 1. The first kappa shape index (κ1) is 15.8. The average Bonchev–Trinajstić information content (AvgIpc) is 2.44. The van der Waals surface area contributed by atoms with Gasteiger partial charge >= 0.3 is 0 Å². The van der Waals surface area contributed by atoms with E-state index in [1.165, 1.54) is 0 Å². The van der Waals surface area contributed by atoms with Crippen LogP contribution in [0.1, 0.15) is 32.3 Å². The monoisotopic (exact) mass is 297 g/mol. The predicted molar refractivity (Wildman–Crippen MR) is 82.1 cm³/mol. The maximum atomic E-state index is 6.14. The molecule has 0 aromatic heterocycles. The molecular weight excluding hydrogens is 274 g/mol. The van der Waals surface area contributed by atoms with Gasteiger partial charge in [-0.3, -0.25) is 0 Å². The van der Waals surface area contributed by atoms with E-state index in [4.69, 9.17) is 21.1 Å². The Bertz CT molecular complexity index is 413. The zero-order valence-electron chi connectivity index (χ0n) is 12.3. The van der Waals surface area contributed by atoms with E-state index in [1.807, 2.05) is 24.3 Å². The van der Waals surface area contributed by atoms with Crippen molar-refractivity contribution in [3.8, 4) is 0 Å². The summed E-state index contributed by atoms with van der Waals surface area (Å²) in [5.41, 5.74) is 1.04. The molecule has 0 saturated heterocycles. The molecule has 0 aliphatic heterocycles. The number of hydrogen-bond acceptors (Lipinski definition) is 3. The fourth-order valence-electron chi connectivity index (χ4n) is 2.50. The van der Waals surface area contributed by atoms with Gasteiger partial charge in [0.25, 0.3) is 0 Å². The van der Waals surface area contributed by atoms with Gasteiger partial charge in [-0.25, -0.2) is 0 Å². The summed E-state index contributed by atoms with van der Waals surface area (Å²) in [7, 11) is 0. The number of nitrogens with one attached hydrogen (secondary N) is 1. The molecule has 4 heteroatoms. The van der Waals surface area contributed by atoms with Gasteiger partial charge in [0.05, 0.1) is 18.8 Å². The second-order valence-corrected chi connectivity index (χ2v) is 5.58. The van der Waals surface area contributed by atoms with Crippen LogP contribution in [-0.2, 0) is 16.1 Å². The molecule has 0 amide bonds. The highest BCUT2D eigenvalue weighted by atomic mass is 35.5. The third-order valence-corrected chi connectivity index (χ3v) is 4.01. The summed E-state index contributed by atoms with van der Waals surface area (Å²) < 4.78 is 11.9. The van der Waals surface area contributed by atoms with Gasteiger partial charge in [0, 0.05) is 17.7 Å². The highest BCUT2D eigenvalue weighted by Crippen LogP contribution is 2.29. The average molecular weight is 298 g/mol. The molecule has 20 heavy (non-hydrogen) atoms. The van der Waals surface area contributed by atoms with Crippen LogP contribution in [0.3, 0.4) is 0 Å². The molecule has 1 aromatic rings. The SMILES string of the molecule is CCCOC1C(NCC)CC1OCc1ccccc1Cl. The van der Waals surface area contributed by atoms with Gasteiger partial charge in [-0.05, 0) is 31.0 Å². The number of benzene rings is 1. The normalized spacial score (nSPS) is 25.4. The Morgan fingerprint density at radius 2 is 2.05 bits per heavy atom. The number of ether oxygens (including phenoxy) is 2. The molecule has 1 aliphatic rings. The first-order valence-electron chi connectivity index (χ1n) is 7.46. The number of hydrogen-bond donors (Lipinski definition) is 1. The quantitative estimate of drug-likeness (QED) is 0.798. The minimum atomic E-state index is 0.164. The van der Waals surface area contributed by atoms with Gasteiger partial charge in [0.1, 0.15) is 0 Å². The van der Waals surface area contributed by atoms with E-state index in [0.717, 1.165) is 36.6 Å². The standard InChI is InChI=1S/C16H24ClNO2/c1-3-9-19-16-14(18-4-2)10-15(16)20-11-12-7-5-6-8-13(12)17/h5-8,14-16,18H,3-4,9-11H2,1-2H3. The summed E-state index contributed by atoms with van der Waals surface area (Å²) in [5.74, 6) is 0. The smallest absolute Gasteiger partial charge is 0.0990 e. The molecule has 112 valence electrons. The van der Waals surface area contributed by atoms with E-state index >= 15 is 0 Å². The van der Waals surface area contributed by atoms with E-state index < -0.39 is 0 Å². The molecule has 1 N–H and O–H groups in total. The Hall–Kier alpha value is -0.610. The number of rotatable bonds is 8. The van der Waals surface area contributed by atoms with Crippen molar-refractivity contribution in [2.75, 3.05) is 13.2 Å². The summed E-state index contributed by atoms with van der Waals surface area (Å²) >= 11 is 6.14. The first-order valence-corrected chi connectivity index (χ1v) is 7.84. The molecule has 0 radical (unpaired) electrons. The van der Waals surface area contributed by atoms with Crippen LogP contribution in [0.15, 0.2) is 24.3 Å². The molecule has 0 spiro atoms. The second kappa shape index (κ2) is 7.99. The van der Waals surface area contributed by atoms with Crippen molar-refractivity contribution in [3.05, 3.63) is 34.9 Å². The number of halogens is 1. The van der Waals surface area contributed by atoms with E-state index in [9.17, 15) is 0 Å². The summed E-state index contributed by atoms with van der Waals surface area (Å²) in [6.45, 7) is 6.55. The van der Waals surface area contributed by atoms with Gasteiger partial charge in [0.2, 0.25) is 0 Å². The lowest BCUT2D eigenvalue weighted by Crippen LogP contribution is -2.60. The lowest BCUT2D eigenvalue weighted by molar-refractivity contribution is -0.151. The zero-order valence-corrected chi connectivity index (χ0v) is 13.0. The van der Waals surface area contributed by atoms with Gasteiger partial charge in [-0.1, -0.05) is 43.6 Å². The van der Waals surface area contributed by atoms with Crippen LogP contribution >= 0.6 is 11.6 Å². The summed E-state index contributed by atoms with van der Waals surface area (Å²) in [5, 5.41) is 4.21. The van der Waals surface area contributed by atoms with Crippen molar-refractivity contribution < 1.29 is 9.47 Å². The van der Waals surface area contributed by atoms with Crippen LogP contribution in [0.2, 0.25) is 5.02 Å². The van der Waals surface area contributed by atoms with Crippen LogP contribution in [0.4, 0.5) is 0 Å². The molecule has 1 saturated carbocycles. The van der Waals surface area contributed by atoms with Gasteiger partial charge in [-0.2, -0.15) is 0 Å². The maximum Gasteiger partial charge on any atom is 0.0990 e. The van der Waals surface area contributed by atoms with E-state index in [1.54, 1.807) is 0 Å². The Morgan fingerprint density at radius 3 is 2.75 bits per heavy atom. The van der Waals surface area contributed by atoms with Crippen LogP contribution in [0, 0.1) is 0 Å². The molecule has 0 heterocycles. The van der Waals surface area contributed by atoms with Crippen molar-refractivity contribution in [3.63, 3.8) is 0 Å². The van der Waals surface area contributed by atoms with Crippen molar-refractivity contribution in [1.82, 2.24) is 5.32 Å². The lowest BCUT2D eigenvalue weighted by Gasteiger charge is -2.44. The minimum absolute atomic E-state index is 0.164. The van der Waals surface area contributed by atoms with E-state index in [0.29, 0.717) is 12.6 Å². The van der Waals surface area contributed by atoms with Crippen molar-refractivity contribution in [2.24, 2.45) is 0 Å². The molecule has 1 aliphatic carbocycles. The Kier molecular flexibility index (Phi) is 6.30. The Morgan fingerprint density at radius 1 is 1.25 bits per heavy atom. The van der Waals surface area contributed by atoms with Crippen LogP contribution in [-0.4, -0.2) is 31.4 Å². The molecule has 3 unspecified atom stereocenters. The Labute approximate surface area is 126 Å². The minimum Gasteiger partial charge on any atom is -0.374 e. The molecular formula is C16H24ClNO2. The summed E-state index contributed by atoms with van der Waals surface area (Å²) in [6, 6.07) is 8.24. The van der Waals surface area contributed by atoms with Crippen molar-refractivity contribution >= 4 is 11.6 Å². The second-order valence-electron chi connectivity index (χ2n) is 5.18. The topological polar surface area (TPSA) is 30.5 Å². The molecule has 0 bridgehead atoms. The molecule has 2 rings (SSSR count). The summed E-state index contributed by atoms with van der Waals surface area (Å²) in [4.78, 5) is 0. The Balaban J connectivity index is 1.84. The van der Waals surface area contributed by atoms with Gasteiger partial charge < -0.3 is 14.8 Å². The highest BCUT2D eigenvalue weighted by Gasteiger charge is 2.42. The maximum absolute atomic E-state index is 6.14. The lowest BCUT2D eigenvalue weighted by atomic mass is 9.85.